The van der Waals surface area contributed by atoms with Crippen LogP contribution in [0.25, 0.3) is 0 Å². The third-order valence-corrected chi connectivity index (χ3v) is 2.43. The highest BCUT2D eigenvalue weighted by molar-refractivity contribution is 5.29. The van der Waals surface area contributed by atoms with Gasteiger partial charge in [-0.15, -0.1) is 0 Å². The average molecular weight is 222 g/mol. The van der Waals surface area contributed by atoms with Crippen molar-refractivity contribution in [3.05, 3.63) is 18.0 Å². The van der Waals surface area contributed by atoms with Crippen LogP contribution in [-0.2, 0) is 6.54 Å². The quantitative estimate of drug-likeness (QED) is 0.764. The number of nitrogens with zero attached hydrogens (tertiary/aromatic N) is 3. The molecule has 1 rings (SSSR count). The molecule has 0 unspecified atom stereocenters. The average Bonchev–Trinajstić information content (AvgIpc) is 2.34. The van der Waals surface area contributed by atoms with Crippen molar-refractivity contribution in [3.63, 3.8) is 0 Å². The van der Waals surface area contributed by atoms with Crippen LogP contribution in [0.3, 0.4) is 0 Å². The first-order valence-corrected chi connectivity index (χ1v) is 6.08. The van der Waals surface area contributed by atoms with E-state index in [0.717, 1.165) is 44.1 Å². The van der Waals surface area contributed by atoms with E-state index in [9.17, 15) is 0 Å². The number of hydrogen-bond donors (Lipinski definition) is 1. The molecule has 0 aliphatic rings. The number of aromatic nitrogens is 2. The predicted molar refractivity (Wildman–Crippen MR) is 67.6 cm³/mol. The first-order chi connectivity index (χ1) is 7.81. The zero-order valence-corrected chi connectivity index (χ0v) is 10.5. The second-order valence-electron chi connectivity index (χ2n) is 3.75. The molecule has 0 amide bonds. The molecular weight excluding hydrogens is 200 g/mol. The minimum Gasteiger partial charge on any atom is -0.341 e. The molecule has 90 valence electrons. The van der Waals surface area contributed by atoms with Crippen molar-refractivity contribution in [2.75, 3.05) is 24.5 Å². The van der Waals surface area contributed by atoms with E-state index >= 15 is 0 Å². The maximum Gasteiger partial charge on any atom is 0.225 e. The molecular formula is C12H22N4. The minimum atomic E-state index is 0.838. The molecule has 1 N–H and O–H groups in total. The summed E-state index contributed by atoms with van der Waals surface area (Å²) in [4.78, 5) is 11.0. The molecule has 0 aromatic carbocycles. The van der Waals surface area contributed by atoms with Crippen molar-refractivity contribution < 1.29 is 0 Å². The van der Waals surface area contributed by atoms with Crippen LogP contribution in [0, 0.1) is 0 Å². The molecule has 1 aromatic heterocycles. The fourth-order valence-corrected chi connectivity index (χ4v) is 1.54. The fourth-order valence-electron chi connectivity index (χ4n) is 1.54. The summed E-state index contributed by atoms with van der Waals surface area (Å²) in [6, 6.07) is 0. The van der Waals surface area contributed by atoms with Gasteiger partial charge in [-0.2, -0.15) is 0 Å². The molecule has 0 aliphatic carbocycles. The Morgan fingerprint density at radius 3 is 2.38 bits per heavy atom. The lowest BCUT2D eigenvalue weighted by Gasteiger charge is -2.19. The van der Waals surface area contributed by atoms with Gasteiger partial charge < -0.3 is 10.2 Å². The summed E-state index contributed by atoms with van der Waals surface area (Å²) in [5.41, 5.74) is 1.14. The molecule has 0 atom stereocenters. The zero-order chi connectivity index (χ0) is 11.8. The number of anilines is 1. The Labute approximate surface area is 98.1 Å². The largest absolute Gasteiger partial charge is 0.341 e. The lowest BCUT2D eigenvalue weighted by atomic mass is 10.3. The van der Waals surface area contributed by atoms with E-state index in [2.05, 4.69) is 41.0 Å². The first kappa shape index (κ1) is 12.9. The van der Waals surface area contributed by atoms with Crippen LogP contribution in [0.4, 0.5) is 5.95 Å². The summed E-state index contributed by atoms with van der Waals surface area (Å²) in [6.45, 7) is 10.2. The van der Waals surface area contributed by atoms with Crippen LogP contribution in [0.5, 0.6) is 0 Å². The zero-order valence-electron chi connectivity index (χ0n) is 10.5. The van der Waals surface area contributed by atoms with E-state index < -0.39 is 0 Å². The molecule has 0 aliphatic heterocycles. The van der Waals surface area contributed by atoms with Crippen LogP contribution < -0.4 is 10.2 Å². The van der Waals surface area contributed by atoms with Crippen LogP contribution in [0.1, 0.15) is 32.8 Å². The summed E-state index contributed by atoms with van der Waals surface area (Å²) in [5, 5.41) is 3.26. The van der Waals surface area contributed by atoms with Crippen LogP contribution in [0.15, 0.2) is 12.4 Å². The van der Waals surface area contributed by atoms with Gasteiger partial charge in [-0.3, -0.25) is 0 Å². The van der Waals surface area contributed by atoms with E-state index in [1.807, 2.05) is 12.4 Å². The molecule has 0 spiro atoms. The normalized spacial score (nSPS) is 10.4. The highest BCUT2D eigenvalue weighted by atomic mass is 15.2. The Kier molecular flexibility index (Phi) is 5.78. The van der Waals surface area contributed by atoms with Gasteiger partial charge in [-0.05, 0) is 19.9 Å². The molecule has 0 fully saturated rings. The number of nitrogens with one attached hydrogen (secondary N) is 1. The number of hydrogen-bond acceptors (Lipinski definition) is 4. The topological polar surface area (TPSA) is 41.1 Å². The van der Waals surface area contributed by atoms with Crippen molar-refractivity contribution in [2.24, 2.45) is 0 Å². The maximum atomic E-state index is 4.40. The van der Waals surface area contributed by atoms with Crippen LogP contribution >= 0.6 is 0 Å². The summed E-state index contributed by atoms with van der Waals surface area (Å²) in [6.07, 6.45) is 4.93. The molecule has 16 heavy (non-hydrogen) atoms. The monoisotopic (exact) mass is 222 g/mol. The Bertz CT molecular complexity index is 284. The minimum absolute atomic E-state index is 0.838. The Morgan fingerprint density at radius 1 is 1.19 bits per heavy atom. The predicted octanol–water partition coefficient (Wildman–Crippen LogP) is 1.82. The highest BCUT2D eigenvalue weighted by Gasteiger charge is 2.05. The van der Waals surface area contributed by atoms with Gasteiger partial charge >= 0.3 is 0 Å². The first-order valence-electron chi connectivity index (χ1n) is 6.08. The molecule has 0 saturated carbocycles. The Hall–Kier alpha value is -1.16. The van der Waals surface area contributed by atoms with Gasteiger partial charge in [-0.25, -0.2) is 9.97 Å². The van der Waals surface area contributed by atoms with Gasteiger partial charge in [0.25, 0.3) is 0 Å². The van der Waals surface area contributed by atoms with E-state index in [0.29, 0.717) is 0 Å². The van der Waals surface area contributed by atoms with Crippen LogP contribution in [-0.4, -0.2) is 29.6 Å². The highest BCUT2D eigenvalue weighted by Crippen LogP contribution is 2.07. The molecule has 4 nitrogen and oxygen atoms in total. The van der Waals surface area contributed by atoms with Gasteiger partial charge in [0.1, 0.15) is 0 Å². The van der Waals surface area contributed by atoms with Gasteiger partial charge in [0.05, 0.1) is 0 Å². The molecule has 0 bridgehead atoms. The lowest BCUT2D eigenvalue weighted by molar-refractivity contribution is 0.715. The molecule has 1 aromatic rings. The van der Waals surface area contributed by atoms with Gasteiger partial charge in [0, 0.05) is 37.6 Å². The molecule has 1 heterocycles. The smallest absolute Gasteiger partial charge is 0.225 e. The van der Waals surface area contributed by atoms with Crippen molar-refractivity contribution >= 4 is 5.95 Å². The number of rotatable bonds is 7. The van der Waals surface area contributed by atoms with E-state index in [-0.39, 0.29) is 0 Å². The second-order valence-corrected chi connectivity index (χ2v) is 3.75. The Balaban J connectivity index is 2.61. The molecule has 4 heteroatoms. The lowest BCUT2D eigenvalue weighted by Crippen LogP contribution is -2.25. The Morgan fingerprint density at radius 2 is 1.88 bits per heavy atom. The molecule has 0 radical (unpaired) electrons. The molecule has 0 saturated heterocycles. The van der Waals surface area contributed by atoms with E-state index in [4.69, 9.17) is 0 Å². The van der Waals surface area contributed by atoms with Crippen molar-refractivity contribution in [1.29, 1.82) is 0 Å². The van der Waals surface area contributed by atoms with Crippen LogP contribution in [0.2, 0.25) is 0 Å². The third-order valence-electron chi connectivity index (χ3n) is 2.43. The summed E-state index contributed by atoms with van der Waals surface area (Å²) < 4.78 is 0. The summed E-state index contributed by atoms with van der Waals surface area (Å²) in [7, 11) is 0. The van der Waals surface area contributed by atoms with Crippen molar-refractivity contribution in [3.8, 4) is 0 Å². The summed E-state index contributed by atoms with van der Waals surface area (Å²) >= 11 is 0. The van der Waals surface area contributed by atoms with Gasteiger partial charge in [0.2, 0.25) is 5.95 Å². The standard InChI is InChI=1S/C12H22N4/c1-4-7-16(6-3)12-14-9-11(10-15-12)8-13-5-2/h9-10,13H,4-8H2,1-3H3. The fraction of sp³-hybridized carbons (Fsp3) is 0.667. The van der Waals surface area contributed by atoms with Gasteiger partial charge in [0.15, 0.2) is 0 Å². The van der Waals surface area contributed by atoms with E-state index in [1.54, 1.807) is 0 Å². The maximum absolute atomic E-state index is 4.40. The van der Waals surface area contributed by atoms with Crippen molar-refractivity contribution in [1.82, 2.24) is 15.3 Å². The van der Waals surface area contributed by atoms with Crippen molar-refractivity contribution in [2.45, 2.75) is 33.7 Å². The summed E-state index contributed by atoms with van der Waals surface area (Å²) in [5.74, 6) is 0.838. The van der Waals surface area contributed by atoms with E-state index in [1.165, 1.54) is 0 Å². The SMILES string of the molecule is CCCN(CC)c1ncc(CNCC)cn1. The second kappa shape index (κ2) is 7.17. The third kappa shape index (κ3) is 3.77. The van der Waals surface area contributed by atoms with Gasteiger partial charge in [-0.1, -0.05) is 13.8 Å².